The summed E-state index contributed by atoms with van der Waals surface area (Å²) in [6.45, 7) is 5.55. The molecule has 1 aliphatic heterocycles. The Labute approximate surface area is 139 Å². The van der Waals surface area contributed by atoms with Gasteiger partial charge in [-0.3, -0.25) is 9.50 Å². The van der Waals surface area contributed by atoms with Crippen LogP contribution in [0.15, 0.2) is 35.3 Å². The minimum atomic E-state index is -0.0675. The van der Waals surface area contributed by atoms with E-state index in [0.717, 1.165) is 37.4 Å². The van der Waals surface area contributed by atoms with Crippen molar-refractivity contribution in [1.29, 1.82) is 0 Å². The smallest absolute Gasteiger partial charge is 0.301 e. The summed E-state index contributed by atoms with van der Waals surface area (Å²) in [6.07, 6.45) is 4.10. The van der Waals surface area contributed by atoms with Crippen LogP contribution in [0.4, 0.5) is 0 Å². The summed E-state index contributed by atoms with van der Waals surface area (Å²) in [5, 5.41) is 11.8. The molecular weight excluding hydrogens is 304 g/mol. The third kappa shape index (κ3) is 2.87. The molecule has 3 aromatic heterocycles. The standard InChI is InChI=1S/C17H22N6O/c1-13-11-15(19-18-13)14-5-4-7-21(12-14)9-10-23-17(24)22-8-3-2-6-16(22)20-23/h2-3,6,8,11,14H,4-5,7,9-10,12H2,1H3,(H,18,19). The summed E-state index contributed by atoms with van der Waals surface area (Å²) in [6, 6.07) is 7.74. The molecule has 0 bridgehead atoms. The van der Waals surface area contributed by atoms with Gasteiger partial charge in [0.15, 0.2) is 5.65 Å². The summed E-state index contributed by atoms with van der Waals surface area (Å²) >= 11 is 0. The number of rotatable bonds is 4. The minimum Gasteiger partial charge on any atom is -0.301 e. The zero-order chi connectivity index (χ0) is 16.5. The molecule has 1 unspecified atom stereocenters. The highest BCUT2D eigenvalue weighted by Gasteiger charge is 2.23. The average molecular weight is 326 g/mol. The van der Waals surface area contributed by atoms with Crippen LogP contribution in [-0.2, 0) is 6.54 Å². The Kier molecular flexibility index (Phi) is 3.93. The van der Waals surface area contributed by atoms with Crippen LogP contribution in [-0.4, -0.2) is 48.9 Å². The van der Waals surface area contributed by atoms with Crippen LogP contribution in [0.1, 0.15) is 30.1 Å². The van der Waals surface area contributed by atoms with E-state index >= 15 is 0 Å². The van der Waals surface area contributed by atoms with Crippen LogP contribution in [0.3, 0.4) is 0 Å². The van der Waals surface area contributed by atoms with Gasteiger partial charge in [-0.2, -0.15) is 5.10 Å². The van der Waals surface area contributed by atoms with Gasteiger partial charge in [0.25, 0.3) is 0 Å². The van der Waals surface area contributed by atoms with Crippen molar-refractivity contribution in [3.63, 3.8) is 0 Å². The fourth-order valence-electron chi connectivity index (χ4n) is 3.50. The average Bonchev–Trinajstić information content (AvgIpc) is 3.18. The second-order valence-electron chi connectivity index (χ2n) is 6.55. The quantitative estimate of drug-likeness (QED) is 0.787. The molecule has 0 radical (unpaired) electrons. The van der Waals surface area contributed by atoms with Crippen molar-refractivity contribution in [3.8, 4) is 0 Å². The highest BCUT2D eigenvalue weighted by molar-refractivity contribution is 5.35. The van der Waals surface area contributed by atoms with E-state index in [1.165, 1.54) is 6.42 Å². The van der Waals surface area contributed by atoms with E-state index in [2.05, 4.69) is 26.3 Å². The van der Waals surface area contributed by atoms with Gasteiger partial charge < -0.3 is 4.90 Å². The van der Waals surface area contributed by atoms with Gasteiger partial charge >= 0.3 is 5.69 Å². The van der Waals surface area contributed by atoms with Crippen molar-refractivity contribution in [2.75, 3.05) is 19.6 Å². The number of fused-ring (bicyclic) bond motifs is 1. The van der Waals surface area contributed by atoms with Crippen LogP contribution >= 0.6 is 0 Å². The van der Waals surface area contributed by atoms with Crippen molar-refractivity contribution in [3.05, 3.63) is 52.3 Å². The molecule has 24 heavy (non-hydrogen) atoms. The molecular formula is C17H22N6O. The predicted molar refractivity (Wildman–Crippen MR) is 91.2 cm³/mol. The maximum Gasteiger partial charge on any atom is 0.350 e. The van der Waals surface area contributed by atoms with E-state index in [9.17, 15) is 4.79 Å². The lowest BCUT2D eigenvalue weighted by molar-refractivity contribution is 0.196. The molecule has 7 nitrogen and oxygen atoms in total. The molecule has 0 aliphatic carbocycles. The van der Waals surface area contributed by atoms with Gasteiger partial charge in [0.1, 0.15) is 0 Å². The van der Waals surface area contributed by atoms with E-state index in [1.807, 2.05) is 25.1 Å². The van der Waals surface area contributed by atoms with Crippen molar-refractivity contribution < 1.29 is 0 Å². The first-order chi connectivity index (χ1) is 11.7. The lowest BCUT2D eigenvalue weighted by Gasteiger charge is -2.31. The number of aromatic amines is 1. The normalized spacial score (nSPS) is 19.1. The maximum absolute atomic E-state index is 12.3. The molecule has 3 aromatic rings. The summed E-state index contributed by atoms with van der Waals surface area (Å²) in [5.41, 5.74) is 2.90. The first-order valence-electron chi connectivity index (χ1n) is 8.49. The Morgan fingerprint density at radius 3 is 3.04 bits per heavy atom. The summed E-state index contributed by atoms with van der Waals surface area (Å²) in [4.78, 5) is 14.7. The Balaban J connectivity index is 1.43. The first kappa shape index (κ1) is 15.1. The Morgan fingerprint density at radius 1 is 1.33 bits per heavy atom. The Bertz CT molecular complexity index is 892. The third-order valence-corrected chi connectivity index (χ3v) is 4.77. The summed E-state index contributed by atoms with van der Waals surface area (Å²) in [5.74, 6) is 0.474. The number of aryl methyl sites for hydroxylation is 1. The lowest BCUT2D eigenvalue weighted by atomic mass is 9.95. The molecule has 1 atom stereocenters. The predicted octanol–water partition coefficient (Wildman–Crippen LogP) is 1.41. The van der Waals surface area contributed by atoms with Crippen molar-refractivity contribution in [2.24, 2.45) is 0 Å². The Hall–Kier alpha value is -2.41. The number of nitrogens with zero attached hydrogens (tertiary/aromatic N) is 5. The molecule has 1 saturated heterocycles. The number of pyridine rings is 1. The number of hydrogen-bond acceptors (Lipinski definition) is 4. The number of piperidine rings is 1. The molecule has 1 fully saturated rings. The number of H-pyrrole nitrogens is 1. The van der Waals surface area contributed by atoms with Crippen molar-refractivity contribution >= 4 is 5.65 Å². The van der Waals surface area contributed by atoms with Crippen molar-refractivity contribution in [2.45, 2.75) is 32.2 Å². The zero-order valence-electron chi connectivity index (χ0n) is 13.9. The van der Waals surface area contributed by atoms with Gasteiger partial charge in [0.2, 0.25) is 0 Å². The zero-order valence-corrected chi connectivity index (χ0v) is 13.9. The highest BCUT2D eigenvalue weighted by Crippen LogP contribution is 2.25. The molecule has 0 aromatic carbocycles. The van der Waals surface area contributed by atoms with E-state index in [4.69, 9.17) is 0 Å². The third-order valence-electron chi connectivity index (χ3n) is 4.77. The summed E-state index contributed by atoms with van der Waals surface area (Å²) < 4.78 is 3.16. The number of nitrogens with one attached hydrogen (secondary N) is 1. The van der Waals surface area contributed by atoms with E-state index in [1.54, 1.807) is 15.3 Å². The molecule has 1 aliphatic rings. The molecule has 4 heterocycles. The van der Waals surface area contributed by atoms with Gasteiger partial charge in [-0.05, 0) is 44.5 Å². The first-order valence-corrected chi connectivity index (χ1v) is 8.49. The van der Waals surface area contributed by atoms with Crippen LogP contribution < -0.4 is 5.69 Å². The van der Waals surface area contributed by atoms with Crippen LogP contribution in [0, 0.1) is 6.92 Å². The maximum atomic E-state index is 12.3. The molecule has 1 N–H and O–H groups in total. The highest BCUT2D eigenvalue weighted by atomic mass is 16.2. The van der Waals surface area contributed by atoms with Gasteiger partial charge in [0.05, 0.1) is 12.2 Å². The van der Waals surface area contributed by atoms with Crippen LogP contribution in [0.25, 0.3) is 5.65 Å². The Morgan fingerprint density at radius 2 is 2.25 bits per heavy atom. The molecule has 126 valence electrons. The molecule has 7 heteroatoms. The van der Waals surface area contributed by atoms with Crippen LogP contribution in [0.5, 0.6) is 0 Å². The number of hydrogen-bond donors (Lipinski definition) is 1. The lowest BCUT2D eigenvalue weighted by Crippen LogP contribution is -2.38. The van der Waals surface area contributed by atoms with Crippen LogP contribution in [0.2, 0.25) is 0 Å². The summed E-state index contributed by atoms with van der Waals surface area (Å²) in [7, 11) is 0. The largest absolute Gasteiger partial charge is 0.350 e. The minimum absolute atomic E-state index is 0.0675. The van der Waals surface area contributed by atoms with Gasteiger partial charge in [0, 0.05) is 30.9 Å². The van der Waals surface area contributed by atoms with Gasteiger partial charge in [-0.25, -0.2) is 9.48 Å². The monoisotopic (exact) mass is 326 g/mol. The molecule has 0 amide bonds. The second-order valence-corrected chi connectivity index (χ2v) is 6.55. The van der Waals surface area contributed by atoms with Gasteiger partial charge in [-0.1, -0.05) is 6.07 Å². The second kappa shape index (κ2) is 6.24. The fourth-order valence-corrected chi connectivity index (χ4v) is 3.50. The molecule has 4 rings (SSSR count). The van der Waals surface area contributed by atoms with E-state index < -0.39 is 0 Å². The van der Waals surface area contributed by atoms with Crippen molar-refractivity contribution in [1.82, 2.24) is 29.3 Å². The SMILES string of the molecule is Cc1cc(C2CCCN(CCn3nc4ccccn4c3=O)C2)n[nH]1. The van der Waals surface area contributed by atoms with E-state index in [-0.39, 0.29) is 5.69 Å². The molecule has 0 saturated carbocycles. The van der Waals surface area contributed by atoms with Gasteiger partial charge in [-0.15, -0.1) is 5.10 Å². The number of likely N-dealkylation sites (tertiary alicyclic amines) is 1. The van der Waals surface area contributed by atoms with E-state index in [0.29, 0.717) is 18.1 Å². The number of aromatic nitrogens is 5. The fraction of sp³-hybridized carbons (Fsp3) is 0.471. The molecule has 0 spiro atoms. The topological polar surface area (TPSA) is 71.2 Å².